The number of carboxylic acids is 1. The second-order valence-electron chi connectivity index (χ2n) is 3.21. The number of carbonyl (C=O) groups is 1. The van der Waals surface area contributed by atoms with Gasteiger partial charge in [0, 0.05) is 10.9 Å². The fourth-order valence-electron chi connectivity index (χ4n) is 1.39. The number of H-pyrrole nitrogens is 1. The highest BCUT2D eigenvalue weighted by atomic mass is 32.2. The Labute approximate surface area is 90.3 Å². The zero-order valence-corrected chi connectivity index (χ0v) is 8.65. The SMILES string of the molecule is O=C(O)c1cc2cc(S(=O)(=O)O)ccc2[nH]1. The summed E-state index contributed by atoms with van der Waals surface area (Å²) in [4.78, 5) is 13.0. The lowest BCUT2D eigenvalue weighted by Gasteiger charge is -1.95. The normalized spacial score (nSPS) is 11.8. The van der Waals surface area contributed by atoms with Gasteiger partial charge in [-0.15, -0.1) is 0 Å². The molecule has 0 spiro atoms. The number of aromatic carboxylic acids is 1. The fraction of sp³-hybridized carbons (Fsp3) is 0. The van der Waals surface area contributed by atoms with Gasteiger partial charge >= 0.3 is 5.97 Å². The Morgan fingerprint density at radius 3 is 2.50 bits per heavy atom. The highest BCUT2D eigenvalue weighted by Crippen LogP contribution is 2.19. The predicted octanol–water partition coefficient (Wildman–Crippen LogP) is 1.11. The van der Waals surface area contributed by atoms with E-state index in [-0.39, 0.29) is 10.6 Å². The first kappa shape index (κ1) is 10.7. The van der Waals surface area contributed by atoms with Crippen LogP contribution in [0, 0.1) is 0 Å². The molecule has 0 aliphatic heterocycles. The van der Waals surface area contributed by atoms with Crippen LogP contribution >= 0.6 is 0 Å². The second kappa shape index (κ2) is 3.32. The Balaban J connectivity index is 2.67. The van der Waals surface area contributed by atoms with Crippen LogP contribution in [-0.2, 0) is 10.1 Å². The lowest BCUT2D eigenvalue weighted by molar-refractivity contribution is 0.0691. The van der Waals surface area contributed by atoms with Gasteiger partial charge in [0.15, 0.2) is 0 Å². The predicted molar refractivity (Wildman–Crippen MR) is 55.1 cm³/mol. The van der Waals surface area contributed by atoms with Crippen molar-refractivity contribution in [2.45, 2.75) is 4.90 Å². The minimum absolute atomic E-state index is 0.0394. The molecule has 2 rings (SSSR count). The average Bonchev–Trinajstić information content (AvgIpc) is 2.58. The first-order chi connectivity index (χ1) is 7.38. The third-order valence-electron chi connectivity index (χ3n) is 2.12. The molecule has 3 N–H and O–H groups in total. The molecular formula is C9H7NO5S. The molecule has 16 heavy (non-hydrogen) atoms. The van der Waals surface area contributed by atoms with Crippen LogP contribution in [-0.4, -0.2) is 29.0 Å². The molecule has 0 atom stereocenters. The van der Waals surface area contributed by atoms with Gasteiger partial charge in [-0.25, -0.2) is 4.79 Å². The Hall–Kier alpha value is -1.86. The van der Waals surface area contributed by atoms with E-state index < -0.39 is 16.1 Å². The summed E-state index contributed by atoms with van der Waals surface area (Å²) < 4.78 is 30.5. The molecule has 0 saturated carbocycles. The van der Waals surface area contributed by atoms with Crippen molar-refractivity contribution in [2.24, 2.45) is 0 Å². The van der Waals surface area contributed by atoms with E-state index in [1.807, 2.05) is 0 Å². The maximum absolute atomic E-state index is 10.8. The van der Waals surface area contributed by atoms with E-state index in [1.165, 1.54) is 24.3 Å². The van der Waals surface area contributed by atoms with Gasteiger partial charge < -0.3 is 10.1 Å². The van der Waals surface area contributed by atoms with Gasteiger partial charge in [0.2, 0.25) is 0 Å². The summed E-state index contributed by atoms with van der Waals surface area (Å²) >= 11 is 0. The molecular weight excluding hydrogens is 234 g/mol. The van der Waals surface area contributed by atoms with Crippen LogP contribution in [0.3, 0.4) is 0 Å². The van der Waals surface area contributed by atoms with Crippen LogP contribution in [0.2, 0.25) is 0 Å². The first-order valence-corrected chi connectivity index (χ1v) is 5.65. The summed E-state index contributed by atoms with van der Waals surface area (Å²) in [7, 11) is -4.27. The zero-order valence-electron chi connectivity index (χ0n) is 7.84. The van der Waals surface area contributed by atoms with Crippen LogP contribution in [0.4, 0.5) is 0 Å². The molecule has 0 bridgehead atoms. The van der Waals surface area contributed by atoms with E-state index in [9.17, 15) is 13.2 Å². The summed E-state index contributed by atoms with van der Waals surface area (Å²) in [6.07, 6.45) is 0. The maximum atomic E-state index is 10.8. The lowest BCUT2D eigenvalue weighted by Crippen LogP contribution is -1.96. The van der Waals surface area contributed by atoms with Crippen molar-refractivity contribution in [1.82, 2.24) is 4.98 Å². The number of rotatable bonds is 2. The second-order valence-corrected chi connectivity index (χ2v) is 4.63. The molecule has 0 radical (unpaired) electrons. The van der Waals surface area contributed by atoms with Crippen LogP contribution in [0.1, 0.15) is 10.5 Å². The van der Waals surface area contributed by atoms with Gasteiger partial charge in [0.1, 0.15) is 5.69 Å². The smallest absolute Gasteiger partial charge is 0.352 e. The van der Waals surface area contributed by atoms with Crippen LogP contribution in [0.5, 0.6) is 0 Å². The summed E-state index contributed by atoms with van der Waals surface area (Å²) in [5.74, 6) is -1.13. The van der Waals surface area contributed by atoms with Gasteiger partial charge in [0.25, 0.3) is 10.1 Å². The van der Waals surface area contributed by atoms with Crippen molar-refractivity contribution in [1.29, 1.82) is 0 Å². The van der Waals surface area contributed by atoms with Gasteiger partial charge in [-0.3, -0.25) is 4.55 Å². The molecule has 2 aromatic rings. The number of hydrogen-bond donors (Lipinski definition) is 3. The standard InChI is InChI=1S/C9H7NO5S/c11-9(12)8-4-5-3-6(16(13,14)15)1-2-7(5)10-8/h1-4,10H,(H,11,12)(H,13,14,15). The van der Waals surface area contributed by atoms with Gasteiger partial charge in [-0.2, -0.15) is 8.42 Å². The molecule has 1 aromatic heterocycles. The van der Waals surface area contributed by atoms with E-state index in [0.29, 0.717) is 10.9 Å². The molecule has 0 aliphatic rings. The largest absolute Gasteiger partial charge is 0.477 e. The molecule has 0 fully saturated rings. The fourth-order valence-corrected chi connectivity index (χ4v) is 1.90. The minimum Gasteiger partial charge on any atom is -0.477 e. The lowest BCUT2D eigenvalue weighted by atomic mass is 10.2. The molecule has 1 heterocycles. The number of nitrogens with one attached hydrogen (secondary N) is 1. The van der Waals surface area contributed by atoms with E-state index >= 15 is 0 Å². The van der Waals surface area contributed by atoms with Gasteiger partial charge in [-0.05, 0) is 24.3 Å². The van der Waals surface area contributed by atoms with Crippen molar-refractivity contribution in [2.75, 3.05) is 0 Å². The van der Waals surface area contributed by atoms with Crippen molar-refractivity contribution >= 4 is 27.0 Å². The first-order valence-electron chi connectivity index (χ1n) is 4.21. The summed E-state index contributed by atoms with van der Waals surface area (Å²) in [6.45, 7) is 0. The Morgan fingerprint density at radius 1 is 1.25 bits per heavy atom. The molecule has 1 aromatic carbocycles. The number of aromatic nitrogens is 1. The Bertz CT molecular complexity index is 670. The highest BCUT2D eigenvalue weighted by molar-refractivity contribution is 7.85. The van der Waals surface area contributed by atoms with Crippen LogP contribution < -0.4 is 0 Å². The van der Waals surface area contributed by atoms with E-state index in [0.717, 1.165) is 0 Å². The molecule has 6 nitrogen and oxygen atoms in total. The van der Waals surface area contributed by atoms with Crippen molar-refractivity contribution in [3.8, 4) is 0 Å². The van der Waals surface area contributed by atoms with E-state index in [2.05, 4.69) is 4.98 Å². The van der Waals surface area contributed by atoms with Crippen LogP contribution in [0.15, 0.2) is 29.2 Å². The van der Waals surface area contributed by atoms with Gasteiger partial charge in [0.05, 0.1) is 4.90 Å². The monoisotopic (exact) mass is 241 g/mol. The third-order valence-corrected chi connectivity index (χ3v) is 2.97. The molecule has 0 aliphatic carbocycles. The summed E-state index contributed by atoms with van der Waals surface area (Å²) in [6, 6.07) is 5.09. The minimum atomic E-state index is -4.27. The molecule has 7 heteroatoms. The Morgan fingerprint density at radius 2 is 1.94 bits per heavy atom. The Kier molecular flexibility index (Phi) is 2.21. The van der Waals surface area contributed by atoms with E-state index in [1.54, 1.807) is 0 Å². The van der Waals surface area contributed by atoms with Gasteiger partial charge in [-0.1, -0.05) is 0 Å². The van der Waals surface area contributed by atoms with E-state index in [4.69, 9.17) is 9.66 Å². The number of hydrogen-bond acceptors (Lipinski definition) is 3. The number of benzene rings is 1. The summed E-state index contributed by atoms with van der Waals surface area (Å²) in [5.41, 5.74) is 0.451. The van der Waals surface area contributed by atoms with Crippen molar-refractivity contribution < 1.29 is 22.9 Å². The average molecular weight is 241 g/mol. The highest BCUT2D eigenvalue weighted by Gasteiger charge is 2.12. The van der Waals surface area contributed by atoms with Crippen molar-refractivity contribution in [3.63, 3.8) is 0 Å². The zero-order chi connectivity index (χ0) is 11.9. The number of fused-ring (bicyclic) bond motifs is 1. The molecule has 0 amide bonds. The summed E-state index contributed by atoms with van der Waals surface area (Å²) in [5, 5.41) is 9.13. The van der Waals surface area contributed by atoms with Crippen LogP contribution in [0.25, 0.3) is 10.9 Å². The number of carboxylic acid groups (broad SMARTS) is 1. The molecule has 0 unspecified atom stereocenters. The number of aromatic amines is 1. The molecule has 0 saturated heterocycles. The van der Waals surface area contributed by atoms with Crippen molar-refractivity contribution in [3.05, 3.63) is 30.0 Å². The maximum Gasteiger partial charge on any atom is 0.352 e. The third kappa shape index (κ3) is 1.77. The quantitative estimate of drug-likeness (QED) is 0.682. The molecule has 84 valence electrons. The topological polar surface area (TPSA) is 107 Å².